The number of aromatic nitrogens is 1. The number of thiazole rings is 1. The van der Waals surface area contributed by atoms with Gasteiger partial charge in [0.2, 0.25) is 6.79 Å². The molecule has 2 aliphatic heterocycles. The van der Waals surface area contributed by atoms with Crippen molar-refractivity contribution in [2.75, 3.05) is 20.0 Å². The van der Waals surface area contributed by atoms with Crippen molar-refractivity contribution < 1.29 is 23.7 Å². The molecular formula is C28H27ClN2O6S. The number of fused-ring (bicyclic) bond motifs is 2. The van der Waals surface area contributed by atoms with Gasteiger partial charge >= 0.3 is 5.97 Å². The van der Waals surface area contributed by atoms with Crippen LogP contribution in [0.3, 0.4) is 0 Å². The quantitative estimate of drug-likeness (QED) is 0.384. The maximum Gasteiger partial charge on any atom is 0.338 e. The third-order valence-electron chi connectivity index (χ3n) is 6.16. The number of carbonyl (C=O) groups is 1. The molecule has 8 nitrogen and oxygen atoms in total. The van der Waals surface area contributed by atoms with Crippen LogP contribution < -0.4 is 29.1 Å². The van der Waals surface area contributed by atoms with E-state index in [4.69, 9.17) is 35.5 Å². The smallest absolute Gasteiger partial charge is 0.338 e. The van der Waals surface area contributed by atoms with Gasteiger partial charge in [0.05, 0.1) is 40.1 Å². The van der Waals surface area contributed by atoms with Gasteiger partial charge in [0.1, 0.15) is 5.75 Å². The van der Waals surface area contributed by atoms with Crippen molar-refractivity contribution in [2.45, 2.75) is 39.7 Å². The third kappa shape index (κ3) is 4.83. The number of esters is 1. The topological polar surface area (TPSA) is 88.4 Å². The first-order chi connectivity index (χ1) is 18.4. The van der Waals surface area contributed by atoms with Crippen LogP contribution >= 0.6 is 22.9 Å². The van der Waals surface area contributed by atoms with Crippen LogP contribution in [-0.2, 0) is 9.53 Å². The number of rotatable bonds is 8. The Morgan fingerprint density at radius 2 is 1.97 bits per heavy atom. The minimum absolute atomic E-state index is 0.119. The summed E-state index contributed by atoms with van der Waals surface area (Å²) in [6.45, 7) is 6.49. The summed E-state index contributed by atoms with van der Waals surface area (Å²) in [5.41, 5.74) is 2.17. The molecular weight excluding hydrogens is 528 g/mol. The monoisotopic (exact) mass is 554 g/mol. The van der Waals surface area contributed by atoms with Crippen LogP contribution in [0.15, 0.2) is 57.5 Å². The third-order valence-corrected chi connectivity index (χ3v) is 7.44. The van der Waals surface area contributed by atoms with E-state index in [0.717, 1.165) is 12.0 Å². The maximum absolute atomic E-state index is 13.9. The predicted octanol–water partition coefficient (Wildman–Crippen LogP) is 4.36. The first-order valence-electron chi connectivity index (χ1n) is 12.5. The predicted molar refractivity (Wildman–Crippen MR) is 145 cm³/mol. The van der Waals surface area contributed by atoms with E-state index >= 15 is 0 Å². The lowest BCUT2D eigenvalue weighted by atomic mass is 9.94. The Kier molecular flexibility index (Phi) is 7.58. The van der Waals surface area contributed by atoms with Gasteiger partial charge in [-0.3, -0.25) is 9.36 Å². The molecule has 0 N–H and O–H groups in total. The molecule has 198 valence electrons. The number of carbonyl (C=O) groups excluding carboxylic acids is 1. The first-order valence-corrected chi connectivity index (χ1v) is 13.7. The summed E-state index contributed by atoms with van der Waals surface area (Å²) in [7, 11) is 0. The number of nitrogens with zero attached hydrogens (tertiary/aromatic N) is 2. The summed E-state index contributed by atoms with van der Waals surface area (Å²) in [6, 6.07) is 10.1. The molecule has 5 rings (SSSR count). The number of benzene rings is 2. The molecule has 0 saturated heterocycles. The van der Waals surface area contributed by atoms with E-state index in [1.54, 1.807) is 35.8 Å². The highest BCUT2D eigenvalue weighted by Gasteiger charge is 2.35. The highest BCUT2D eigenvalue weighted by molar-refractivity contribution is 7.07. The number of hydrogen-bond acceptors (Lipinski definition) is 8. The van der Waals surface area contributed by atoms with E-state index in [9.17, 15) is 9.59 Å². The summed E-state index contributed by atoms with van der Waals surface area (Å²) in [5, 5.41) is 0.460. The molecule has 2 aromatic carbocycles. The second-order valence-corrected chi connectivity index (χ2v) is 10.1. The minimum Gasteiger partial charge on any atom is -0.492 e. The van der Waals surface area contributed by atoms with Crippen LogP contribution in [0.1, 0.15) is 50.8 Å². The summed E-state index contributed by atoms with van der Waals surface area (Å²) >= 11 is 7.65. The Labute approximate surface area is 228 Å². The molecule has 38 heavy (non-hydrogen) atoms. The van der Waals surface area contributed by atoms with Crippen molar-refractivity contribution in [3.8, 4) is 17.2 Å². The van der Waals surface area contributed by atoms with Crippen molar-refractivity contribution >= 4 is 35.0 Å². The molecule has 10 heteroatoms. The van der Waals surface area contributed by atoms with E-state index in [1.807, 2.05) is 32.0 Å². The Morgan fingerprint density at radius 1 is 1.16 bits per heavy atom. The lowest BCUT2D eigenvalue weighted by Crippen LogP contribution is -2.40. The van der Waals surface area contributed by atoms with Crippen molar-refractivity contribution in [2.24, 2.45) is 4.99 Å². The normalized spacial score (nSPS) is 16.3. The first kappa shape index (κ1) is 26.1. The lowest BCUT2D eigenvalue weighted by Gasteiger charge is -2.25. The fourth-order valence-corrected chi connectivity index (χ4v) is 5.81. The van der Waals surface area contributed by atoms with Crippen molar-refractivity contribution in [1.29, 1.82) is 0 Å². The molecule has 0 amide bonds. The van der Waals surface area contributed by atoms with E-state index < -0.39 is 12.0 Å². The maximum atomic E-state index is 13.9. The minimum atomic E-state index is -0.729. The summed E-state index contributed by atoms with van der Waals surface area (Å²) in [4.78, 5) is 32.5. The van der Waals surface area contributed by atoms with Gasteiger partial charge in [0, 0.05) is 0 Å². The average molecular weight is 555 g/mol. The van der Waals surface area contributed by atoms with Gasteiger partial charge in [0.25, 0.3) is 5.56 Å². The van der Waals surface area contributed by atoms with E-state index in [1.165, 1.54) is 11.3 Å². The Hall–Kier alpha value is -3.56. The molecule has 2 aliphatic rings. The number of ether oxygens (including phenoxy) is 4. The highest BCUT2D eigenvalue weighted by atomic mass is 35.5. The Balaban J connectivity index is 1.71. The Morgan fingerprint density at radius 3 is 2.71 bits per heavy atom. The fourth-order valence-electron chi connectivity index (χ4n) is 4.55. The number of allylic oxidation sites excluding steroid dienone is 1. The van der Waals surface area contributed by atoms with Crippen LogP contribution in [-0.4, -0.2) is 30.5 Å². The summed E-state index contributed by atoms with van der Waals surface area (Å²) < 4.78 is 24.1. The van der Waals surface area contributed by atoms with Gasteiger partial charge in [-0.15, -0.1) is 0 Å². The van der Waals surface area contributed by atoms with Crippen molar-refractivity contribution in [1.82, 2.24) is 4.57 Å². The van der Waals surface area contributed by atoms with Gasteiger partial charge in [-0.1, -0.05) is 48.4 Å². The molecule has 0 bridgehead atoms. The number of halogens is 1. The molecule has 0 radical (unpaired) electrons. The van der Waals surface area contributed by atoms with Gasteiger partial charge < -0.3 is 18.9 Å². The zero-order valence-corrected chi connectivity index (χ0v) is 22.9. The molecule has 0 aliphatic carbocycles. The SMILES string of the molecule is CCCC1=C(C(=O)OCC)[C@H](c2ccc3c(c2)OCO3)n2c(s/c(=C\c3ccc(OCC)c(Cl)c3)c2=O)=N1. The average Bonchev–Trinajstić information content (AvgIpc) is 3.49. The van der Waals surface area contributed by atoms with Crippen LogP contribution in [0, 0.1) is 0 Å². The molecule has 0 spiro atoms. The fraction of sp³-hybridized carbons (Fsp3) is 0.321. The van der Waals surface area contributed by atoms with E-state index in [2.05, 4.69) is 0 Å². The summed E-state index contributed by atoms with van der Waals surface area (Å²) in [5.74, 6) is 1.27. The molecule has 0 saturated carbocycles. The largest absolute Gasteiger partial charge is 0.492 e. The second-order valence-electron chi connectivity index (χ2n) is 8.65. The van der Waals surface area contributed by atoms with Crippen molar-refractivity contribution in [3.63, 3.8) is 0 Å². The Bertz CT molecular complexity index is 1610. The van der Waals surface area contributed by atoms with Gasteiger partial charge in [-0.25, -0.2) is 9.79 Å². The summed E-state index contributed by atoms with van der Waals surface area (Å²) in [6.07, 6.45) is 3.11. The van der Waals surface area contributed by atoms with Crippen LogP contribution in [0.4, 0.5) is 0 Å². The molecule has 0 unspecified atom stereocenters. The molecule has 3 heterocycles. The molecule has 1 aromatic heterocycles. The van der Waals surface area contributed by atoms with Gasteiger partial charge in [-0.05, 0) is 61.7 Å². The molecule has 1 atom stereocenters. The van der Waals surface area contributed by atoms with Crippen molar-refractivity contribution in [3.05, 3.63) is 83.5 Å². The molecule has 0 fully saturated rings. The second kappa shape index (κ2) is 11.0. The zero-order valence-electron chi connectivity index (χ0n) is 21.3. The molecule has 3 aromatic rings. The van der Waals surface area contributed by atoms with E-state index in [0.29, 0.717) is 61.5 Å². The van der Waals surface area contributed by atoms with Gasteiger partial charge in [-0.2, -0.15) is 0 Å². The highest BCUT2D eigenvalue weighted by Crippen LogP contribution is 2.39. The van der Waals surface area contributed by atoms with Crippen LogP contribution in [0.5, 0.6) is 17.2 Å². The van der Waals surface area contributed by atoms with Crippen LogP contribution in [0.2, 0.25) is 5.02 Å². The van der Waals surface area contributed by atoms with E-state index in [-0.39, 0.29) is 19.0 Å². The lowest BCUT2D eigenvalue weighted by molar-refractivity contribution is -0.139. The van der Waals surface area contributed by atoms with Gasteiger partial charge in [0.15, 0.2) is 16.3 Å². The van der Waals surface area contributed by atoms with Crippen LogP contribution in [0.25, 0.3) is 6.08 Å². The zero-order chi connectivity index (χ0) is 26.8. The number of hydrogen-bond donors (Lipinski definition) is 0. The standard InChI is InChI=1S/C28H27ClN2O6S/c1-4-7-19-24(27(33)35-6-3)25(17-9-11-21-22(14-17)37-15-36-21)31-26(32)23(38-28(31)30-19)13-16-8-10-20(34-5-2)18(29)12-16/h8-14,25H,4-7,15H2,1-3H3/b23-13-/t25-/m0/s1.